The van der Waals surface area contributed by atoms with Crippen molar-refractivity contribution in [3.8, 4) is 0 Å². The van der Waals surface area contributed by atoms with Crippen LogP contribution in [-0.4, -0.2) is 86.7 Å². The molecule has 0 aromatic carbocycles. The molecule has 0 aromatic heterocycles. The van der Waals surface area contributed by atoms with Gasteiger partial charge >= 0.3 is 11.9 Å². The van der Waals surface area contributed by atoms with Crippen LogP contribution in [0.3, 0.4) is 0 Å². The SMILES string of the molecule is CCCCCCCCCCCCCCCCC(C(=O)OC(=O)[C@H](O)[C@@H](O)[C@H](O)[C@H](O)CO)S(=O)(=O)O. The van der Waals surface area contributed by atoms with Crippen molar-refractivity contribution in [2.45, 2.75) is 133 Å². The minimum absolute atomic E-state index is 0.276. The number of aliphatic hydroxyl groups excluding tert-OH is 5. The summed E-state index contributed by atoms with van der Waals surface area (Å²) in [5, 5.41) is 44.8. The number of carbonyl (C=O) groups is 2. The second kappa shape index (κ2) is 19.9. The summed E-state index contributed by atoms with van der Waals surface area (Å²) in [4.78, 5) is 24.0. The fraction of sp³-hybridized carbons (Fsp3) is 0.917. The molecule has 0 amide bonds. The summed E-state index contributed by atoms with van der Waals surface area (Å²) in [5.74, 6) is -3.40. The first kappa shape index (κ1) is 34.9. The molecule has 214 valence electrons. The molecule has 0 saturated heterocycles. The molecule has 0 heterocycles. The Morgan fingerprint density at radius 2 is 1.11 bits per heavy atom. The third kappa shape index (κ3) is 15.2. The topological polar surface area (TPSA) is 199 Å². The summed E-state index contributed by atoms with van der Waals surface area (Å²) in [6.45, 7) is 1.22. The van der Waals surface area contributed by atoms with Gasteiger partial charge in [0, 0.05) is 0 Å². The normalized spacial score (nSPS) is 16.2. The second-order valence-electron chi connectivity index (χ2n) is 9.30. The van der Waals surface area contributed by atoms with Crippen molar-refractivity contribution in [2.24, 2.45) is 0 Å². The van der Waals surface area contributed by atoms with Crippen molar-refractivity contribution >= 4 is 22.1 Å². The Kier molecular flexibility index (Phi) is 19.3. The van der Waals surface area contributed by atoms with Gasteiger partial charge in [-0.25, -0.2) is 4.79 Å². The maximum atomic E-state index is 12.1. The van der Waals surface area contributed by atoms with Gasteiger partial charge in [0.15, 0.2) is 11.4 Å². The molecular formula is C24H46O11S. The molecule has 6 N–H and O–H groups in total. The van der Waals surface area contributed by atoms with Gasteiger partial charge in [-0.2, -0.15) is 8.42 Å². The Morgan fingerprint density at radius 1 is 0.694 bits per heavy atom. The molecule has 0 spiro atoms. The zero-order chi connectivity index (χ0) is 27.6. The molecule has 0 saturated carbocycles. The lowest BCUT2D eigenvalue weighted by atomic mass is 10.0. The molecule has 5 atom stereocenters. The average Bonchev–Trinajstić information content (AvgIpc) is 2.83. The smallest absolute Gasteiger partial charge is 0.345 e. The van der Waals surface area contributed by atoms with E-state index in [0.717, 1.165) is 25.7 Å². The lowest BCUT2D eigenvalue weighted by Gasteiger charge is -2.24. The number of ether oxygens (including phenoxy) is 1. The van der Waals surface area contributed by atoms with Gasteiger partial charge < -0.3 is 30.3 Å². The largest absolute Gasteiger partial charge is 0.394 e. The van der Waals surface area contributed by atoms with Crippen molar-refractivity contribution in [1.82, 2.24) is 0 Å². The van der Waals surface area contributed by atoms with Crippen LogP contribution in [0.5, 0.6) is 0 Å². The average molecular weight is 543 g/mol. The van der Waals surface area contributed by atoms with Crippen LogP contribution in [0.1, 0.15) is 103 Å². The molecular weight excluding hydrogens is 496 g/mol. The van der Waals surface area contributed by atoms with E-state index in [1.807, 2.05) is 0 Å². The quantitative estimate of drug-likeness (QED) is 0.0503. The summed E-state index contributed by atoms with van der Waals surface area (Å²) in [5.41, 5.74) is 0. The van der Waals surface area contributed by atoms with Crippen molar-refractivity contribution < 1.29 is 52.8 Å². The van der Waals surface area contributed by atoms with Crippen LogP contribution < -0.4 is 0 Å². The van der Waals surface area contributed by atoms with Crippen molar-refractivity contribution in [2.75, 3.05) is 6.61 Å². The van der Waals surface area contributed by atoms with E-state index in [4.69, 9.17) is 5.11 Å². The zero-order valence-corrected chi connectivity index (χ0v) is 22.1. The molecule has 0 bridgehead atoms. The van der Waals surface area contributed by atoms with E-state index < -0.39 is 58.3 Å². The predicted octanol–water partition coefficient (Wildman–Crippen LogP) is 1.62. The molecule has 0 rings (SSSR count). The van der Waals surface area contributed by atoms with Crippen molar-refractivity contribution in [1.29, 1.82) is 0 Å². The molecule has 0 aliphatic rings. The van der Waals surface area contributed by atoms with E-state index in [1.54, 1.807) is 0 Å². The van der Waals surface area contributed by atoms with Crippen LogP contribution in [0.15, 0.2) is 0 Å². The van der Waals surface area contributed by atoms with Crippen LogP contribution in [0.4, 0.5) is 0 Å². The Labute approximate surface area is 214 Å². The second-order valence-corrected chi connectivity index (χ2v) is 10.9. The Balaban J connectivity index is 4.28. The number of esters is 2. The molecule has 1 unspecified atom stereocenters. The number of hydrogen-bond acceptors (Lipinski definition) is 10. The third-order valence-corrected chi connectivity index (χ3v) is 7.29. The van der Waals surface area contributed by atoms with Gasteiger partial charge in [-0.15, -0.1) is 0 Å². The number of carbonyl (C=O) groups excluding carboxylic acids is 2. The van der Waals surface area contributed by atoms with Gasteiger partial charge in [-0.1, -0.05) is 96.8 Å². The lowest BCUT2D eigenvalue weighted by molar-refractivity contribution is -0.176. The highest BCUT2D eigenvalue weighted by Gasteiger charge is 2.39. The van der Waals surface area contributed by atoms with Gasteiger partial charge in [0.05, 0.1) is 6.61 Å². The molecule has 0 radical (unpaired) electrons. The van der Waals surface area contributed by atoms with Gasteiger partial charge in [0.2, 0.25) is 0 Å². The van der Waals surface area contributed by atoms with Crippen LogP contribution in [0.2, 0.25) is 0 Å². The Bertz CT molecular complexity index is 698. The number of hydrogen-bond donors (Lipinski definition) is 6. The highest BCUT2D eigenvalue weighted by molar-refractivity contribution is 7.87. The van der Waals surface area contributed by atoms with Gasteiger partial charge in [-0.3, -0.25) is 9.35 Å². The molecule has 0 fully saturated rings. The van der Waals surface area contributed by atoms with Crippen molar-refractivity contribution in [3.63, 3.8) is 0 Å². The Hall–Kier alpha value is -1.15. The van der Waals surface area contributed by atoms with Crippen LogP contribution in [0, 0.1) is 0 Å². The van der Waals surface area contributed by atoms with Gasteiger partial charge in [0.25, 0.3) is 10.1 Å². The highest BCUT2D eigenvalue weighted by atomic mass is 32.2. The monoisotopic (exact) mass is 542 g/mol. The first-order valence-electron chi connectivity index (χ1n) is 13.0. The molecule has 12 heteroatoms. The summed E-state index contributed by atoms with van der Waals surface area (Å²) in [6, 6.07) is 0. The van der Waals surface area contributed by atoms with Gasteiger partial charge in [-0.05, 0) is 6.42 Å². The standard InChI is InChI=1S/C24H46O11S/c1-2-3-4-5-6-7-8-9-10-11-12-13-14-15-16-19(36(32,33)34)23(30)35-24(31)22(29)21(28)20(27)18(26)17-25/h18-22,25-29H,2-17H2,1H3,(H,32,33,34)/t18-,19?,20-,21+,22-/m1/s1. The van der Waals surface area contributed by atoms with E-state index in [2.05, 4.69) is 11.7 Å². The summed E-state index contributed by atoms with van der Waals surface area (Å²) in [6.07, 6.45) is 5.86. The van der Waals surface area contributed by atoms with E-state index in [9.17, 15) is 43.0 Å². The third-order valence-electron chi connectivity index (χ3n) is 6.14. The zero-order valence-electron chi connectivity index (χ0n) is 21.3. The molecule has 0 aliphatic carbocycles. The maximum absolute atomic E-state index is 12.1. The summed E-state index contributed by atoms with van der Waals surface area (Å²) < 4.78 is 36.8. The summed E-state index contributed by atoms with van der Waals surface area (Å²) in [7, 11) is -4.90. The summed E-state index contributed by atoms with van der Waals surface area (Å²) >= 11 is 0. The van der Waals surface area contributed by atoms with Gasteiger partial charge in [0.1, 0.15) is 18.3 Å². The minimum Gasteiger partial charge on any atom is -0.394 e. The molecule has 36 heavy (non-hydrogen) atoms. The number of unbranched alkanes of at least 4 members (excludes halogenated alkanes) is 13. The van der Waals surface area contributed by atoms with E-state index in [0.29, 0.717) is 6.42 Å². The van der Waals surface area contributed by atoms with Crippen LogP contribution in [0.25, 0.3) is 0 Å². The fourth-order valence-corrected chi connectivity index (χ4v) is 4.56. The highest BCUT2D eigenvalue weighted by Crippen LogP contribution is 2.17. The minimum atomic E-state index is -4.90. The van der Waals surface area contributed by atoms with Crippen molar-refractivity contribution in [3.05, 3.63) is 0 Å². The molecule has 0 aromatic rings. The first-order valence-corrected chi connectivity index (χ1v) is 14.5. The lowest BCUT2D eigenvalue weighted by Crippen LogP contribution is -2.50. The fourth-order valence-electron chi connectivity index (χ4n) is 3.80. The number of rotatable bonds is 22. The maximum Gasteiger partial charge on any atom is 0.345 e. The predicted molar refractivity (Wildman–Crippen MR) is 132 cm³/mol. The van der Waals surface area contributed by atoms with E-state index in [1.165, 1.54) is 51.4 Å². The molecule has 0 aliphatic heterocycles. The van der Waals surface area contributed by atoms with E-state index >= 15 is 0 Å². The van der Waals surface area contributed by atoms with E-state index in [-0.39, 0.29) is 12.8 Å². The van der Waals surface area contributed by atoms with Crippen LogP contribution in [-0.2, 0) is 24.4 Å². The van der Waals surface area contributed by atoms with Crippen LogP contribution >= 0.6 is 0 Å². The first-order chi connectivity index (χ1) is 17.0. The molecule has 11 nitrogen and oxygen atoms in total. The number of aliphatic hydroxyl groups is 5. The Morgan fingerprint density at radius 3 is 1.50 bits per heavy atom.